The summed E-state index contributed by atoms with van der Waals surface area (Å²) in [6.07, 6.45) is 0. The number of aromatic nitrogens is 1. The van der Waals surface area contributed by atoms with E-state index in [1.165, 1.54) is 55.2 Å². The van der Waals surface area contributed by atoms with Crippen LogP contribution in [-0.4, -0.2) is 4.57 Å². The average molecular weight is 817 g/mol. The molecule has 0 radical (unpaired) electrons. The van der Waals surface area contributed by atoms with Crippen LogP contribution in [0.5, 0.6) is 0 Å². The van der Waals surface area contributed by atoms with Gasteiger partial charge in [-0.15, -0.1) is 0 Å². The maximum Gasteiger partial charge on any atom is 0.135 e. The minimum atomic E-state index is -0.527. The fourth-order valence-electron chi connectivity index (χ4n) is 10.8. The lowest BCUT2D eigenvalue weighted by Crippen LogP contribution is -2.28. The van der Waals surface area contributed by atoms with Crippen molar-refractivity contribution < 1.29 is 4.42 Å². The molecule has 0 saturated heterocycles. The van der Waals surface area contributed by atoms with Gasteiger partial charge in [0.2, 0.25) is 0 Å². The molecule has 1 aliphatic rings. The van der Waals surface area contributed by atoms with Crippen molar-refractivity contribution >= 4 is 60.8 Å². The van der Waals surface area contributed by atoms with E-state index in [-0.39, 0.29) is 0 Å². The van der Waals surface area contributed by atoms with Crippen molar-refractivity contribution in [2.75, 3.05) is 4.90 Å². The molecule has 3 heteroatoms. The molecule has 10 aromatic carbocycles. The van der Waals surface area contributed by atoms with Crippen molar-refractivity contribution in [3.05, 3.63) is 265 Å². The zero-order valence-electron chi connectivity index (χ0n) is 34.9. The lowest BCUT2D eigenvalue weighted by atomic mass is 9.68. The van der Waals surface area contributed by atoms with Gasteiger partial charge >= 0.3 is 0 Å². The van der Waals surface area contributed by atoms with E-state index < -0.39 is 5.41 Å². The monoisotopic (exact) mass is 816 g/mol. The molecule has 3 nitrogen and oxygen atoms in total. The number of fused-ring (bicyclic) bond motifs is 9. The van der Waals surface area contributed by atoms with Crippen molar-refractivity contribution in [2.24, 2.45) is 0 Å². The lowest BCUT2D eigenvalue weighted by Gasteiger charge is -2.34. The number of benzene rings is 10. The van der Waals surface area contributed by atoms with Gasteiger partial charge in [-0.05, 0) is 106 Å². The lowest BCUT2D eigenvalue weighted by molar-refractivity contribution is 0.669. The first kappa shape index (κ1) is 36.3. The number of anilines is 3. The highest BCUT2D eigenvalue weighted by molar-refractivity contribution is 6.09. The molecule has 0 fully saturated rings. The van der Waals surface area contributed by atoms with Crippen molar-refractivity contribution in [1.82, 2.24) is 4.57 Å². The van der Waals surface area contributed by atoms with Crippen LogP contribution in [-0.2, 0) is 5.41 Å². The van der Waals surface area contributed by atoms with Gasteiger partial charge in [-0.3, -0.25) is 0 Å². The summed E-state index contributed by atoms with van der Waals surface area (Å²) in [7, 11) is 0. The van der Waals surface area contributed by atoms with Crippen LogP contribution in [0.15, 0.2) is 247 Å². The summed E-state index contributed by atoms with van der Waals surface area (Å²) in [5, 5.41) is 4.74. The van der Waals surface area contributed by atoms with Crippen LogP contribution < -0.4 is 4.90 Å². The third kappa shape index (κ3) is 5.34. The molecule has 0 amide bonds. The molecular weight excluding hydrogens is 777 g/mol. The smallest absolute Gasteiger partial charge is 0.135 e. The normalized spacial score (nSPS) is 12.8. The fourth-order valence-corrected chi connectivity index (χ4v) is 10.8. The number of para-hydroxylation sites is 3. The maximum atomic E-state index is 6.20. The van der Waals surface area contributed by atoms with Gasteiger partial charge < -0.3 is 13.9 Å². The molecule has 0 N–H and O–H groups in total. The molecule has 13 rings (SSSR count). The van der Waals surface area contributed by atoms with Crippen LogP contribution in [0, 0.1) is 0 Å². The largest absolute Gasteiger partial charge is 0.456 e. The van der Waals surface area contributed by atoms with Gasteiger partial charge in [0, 0.05) is 44.2 Å². The highest BCUT2D eigenvalue weighted by atomic mass is 16.3. The molecule has 300 valence electrons. The average Bonchev–Trinajstić information content (AvgIpc) is 4.02. The van der Waals surface area contributed by atoms with E-state index in [0.717, 1.165) is 55.8 Å². The molecular formula is C61H40N2O. The highest BCUT2D eigenvalue weighted by Gasteiger charge is 2.47. The van der Waals surface area contributed by atoms with Gasteiger partial charge in [0.15, 0.2) is 0 Å². The first-order chi connectivity index (χ1) is 31.8. The molecule has 0 spiro atoms. The standard InChI is InChI=1S/C61H40N2O/c1-3-17-43(18-4-1)61(44-19-5-2-6-20-44)53-27-11-7-26-51(53)60-54(61)28-16-31-57(60)62(45-36-33-41(34-37-45)42-35-38-59-52(39-42)50-25-10-14-32-58(50)64-59)46-21-15-22-47(40-46)63-55-29-12-8-23-48(55)49-24-9-13-30-56(49)63/h1-40H. The number of hydrogen-bond acceptors (Lipinski definition) is 2. The SMILES string of the molecule is c1ccc(C2(c3ccccc3)c3ccccc3-c3c(N(c4ccc(-c5ccc6oc7ccccc7c6c5)cc4)c4cccc(-n5c6ccccc6c6ccccc65)c4)cccc32)cc1. The summed E-state index contributed by atoms with van der Waals surface area (Å²) < 4.78 is 8.61. The van der Waals surface area contributed by atoms with Crippen molar-refractivity contribution in [2.45, 2.75) is 5.41 Å². The quantitative estimate of drug-likeness (QED) is 0.160. The fraction of sp³-hybridized carbons (Fsp3) is 0.0164. The van der Waals surface area contributed by atoms with Crippen LogP contribution in [0.4, 0.5) is 17.1 Å². The predicted octanol–water partition coefficient (Wildman–Crippen LogP) is 16.2. The molecule has 0 saturated carbocycles. The van der Waals surface area contributed by atoms with E-state index in [9.17, 15) is 0 Å². The van der Waals surface area contributed by atoms with Gasteiger partial charge in [0.25, 0.3) is 0 Å². The van der Waals surface area contributed by atoms with Crippen LogP contribution in [0.25, 0.3) is 71.7 Å². The summed E-state index contributed by atoms with van der Waals surface area (Å²) >= 11 is 0. The second-order valence-corrected chi connectivity index (χ2v) is 16.8. The Kier molecular flexibility index (Phi) is 8.13. The Hall–Kier alpha value is -8.40. The predicted molar refractivity (Wildman–Crippen MR) is 265 cm³/mol. The number of nitrogens with zero attached hydrogens (tertiary/aromatic N) is 2. The number of rotatable bonds is 7. The number of hydrogen-bond donors (Lipinski definition) is 0. The van der Waals surface area contributed by atoms with Crippen LogP contribution >= 0.6 is 0 Å². The Labute approximate surface area is 371 Å². The molecule has 0 aliphatic heterocycles. The first-order valence-electron chi connectivity index (χ1n) is 22.0. The van der Waals surface area contributed by atoms with Gasteiger partial charge in [-0.2, -0.15) is 0 Å². The third-order valence-electron chi connectivity index (χ3n) is 13.5. The van der Waals surface area contributed by atoms with Gasteiger partial charge in [-0.1, -0.05) is 176 Å². The molecule has 0 atom stereocenters. The maximum absolute atomic E-state index is 6.20. The molecule has 1 aliphatic carbocycles. The van der Waals surface area contributed by atoms with Crippen LogP contribution in [0.2, 0.25) is 0 Å². The summed E-state index contributed by atoms with van der Waals surface area (Å²) in [6.45, 7) is 0. The Morgan fingerprint density at radius 3 is 1.69 bits per heavy atom. The first-order valence-corrected chi connectivity index (χ1v) is 22.0. The third-order valence-corrected chi connectivity index (χ3v) is 13.5. The Morgan fingerprint density at radius 1 is 0.375 bits per heavy atom. The molecule has 0 bridgehead atoms. The van der Waals surface area contributed by atoms with E-state index in [1.807, 2.05) is 12.1 Å². The van der Waals surface area contributed by atoms with Crippen molar-refractivity contribution in [3.63, 3.8) is 0 Å². The van der Waals surface area contributed by atoms with Crippen LogP contribution in [0.1, 0.15) is 22.3 Å². The van der Waals surface area contributed by atoms with Crippen molar-refractivity contribution in [1.29, 1.82) is 0 Å². The molecule has 2 heterocycles. The van der Waals surface area contributed by atoms with E-state index in [2.05, 4.69) is 240 Å². The number of furan rings is 1. The highest BCUT2D eigenvalue weighted by Crippen LogP contribution is 2.59. The molecule has 64 heavy (non-hydrogen) atoms. The van der Waals surface area contributed by atoms with Crippen LogP contribution in [0.3, 0.4) is 0 Å². The summed E-state index contributed by atoms with van der Waals surface area (Å²) in [4.78, 5) is 2.47. The Bertz CT molecular complexity index is 3640. The van der Waals surface area contributed by atoms with Gasteiger partial charge in [0.1, 0.15) is 11.2 Å². The molecule has 0 unspecified atom stereocenters. The summed E-state index contributed by atoms with van der Waals surface area (Å²) in [6, 6.07) is 88.4. The minimum Gasteiger partial charge on any atom is -0.456 e. The van der Waals surface area contributed by atoms with Gasteiger partial charge in [-0.25, -0.2) is 0 Å². The summed E-state index contributed by atoms with van der Waals surface area (Å²) in [5.41, 5.74) is 17.8. The Morgan fingerprint density at radius 2 is 0.953 bits per heavy atom. The van der Waals surface area contributed by atoms with Crippen molar-refractivity contribution in [3.8, 4) is 27.9 Å². The second-order valence-electron chi connectivity index (χ2n) is 16.8. The van der Waals surface area contributed by atoms with E-state index in [0.29, 0.717) is 0 Å². The van der Waals surface area contributed by atoms with Gasteiger partial charge in [0.05, 0.1) is 22.1 Å². The molecule has 2 aromatic heterocycles. The van der Waals surface area contributed by atoms with E-state index in [4.69, 9.17) is 4.42 Å². The Balaban J connectivity index is 1.05. The second kappa shape index (κ2) is 14.3. The molecule has 12 aromatic rings. The summed E-state index contributed by atoms with van der Waals surface area (Å²) in [5.74, 6) is 0. The minimum absolute atomic E-state index is 0.527. The topological polar surface area (TPSA) is 21.3 Å². The zero-order valence-corrected chi connectivity index (χ0v) is 34.9. The van der Waals surface area contributed by atoms with E-state index in [1.54, 1.807) is 0 Å². The zero-order chi connectivity index (χ0) is 42.2. The van der Waals surface area contributed by atoms with E-state index >= 15 is 0 Å².